The topological polar surface area (TPSA) is 81.2 Å². The van der Waals surface area contributed by atoms with Gasteiger partial charge < -0.3 is 4.74 Å². The number of hydrogen-bond donors (Lipinski definition) is 1. The molecule has 1 heterocycles. The SMILES string of the molecule is CCCSc1nnc(NS(=O)(=O)c2ccc(OC)c(Br)c2)s1. The Bertz CT molecular complexity index is 749. The van der Waals surface area contributed by atoms with E-state index in [1.54, 1.807) is 17.8 Å². The number of nitrogens with one attached hydrogen (secondary N) is 1. The third-order valence-corrected chi connectivity index (χ3v) is 6.75. The molecule has 0 amide bonds. The van der Waals surface area contributed by atoms with Crippen molar-refractivity contribution >= 4 is 54.2 Å². The van der Waals surface area contributed by atoms with E-state index in [-0.39, 0.29) is 10.0 Å². The van der Waals surface area contributed by atoms with Gasteiger partial charge in [-0.2, -0.15) is 0 Å². The maximum absolute atomic E-state index is 12.3. The smallest absolute Gasteiger partial charge is 0.263 e. The van der Waals surface area contributed by atoms with E-state index in [1.165, 1.54) is 30.6 Å². The van der Waals surface area contributed by atoms with Crippen molar-refractivity contribution in [3.8, 4) is 5.75 Å². The Kier molecular flexibility index (Phi) is 6.07. The molecule has 1 N–H and O–H groups in total. The first-order chi connectivity index (χ1) is 10.5. The summed E-state index contributed by atoms with van der Waals surface area (Å²) in [4.78, 5) is 0.123. The summed E-state index contributed by atoms with van der Waals surface area (Å²) < 4.78 is 33.5. The third kappa shape index (κ3) is 4.34. The average molecular weight is 424 g/mol. The normalized spacial score (nSPS) is 11.4. The molecule has 0 unspecified atom stereocenters. The third-order valence-electron chi connectivity index (χ3n) is 2.49. The molecule has 2 aromatic rings. The lowest BCUT2D eigenvalue weighted by atomic mass is 10.3. The molecule has 6 nitrogen and oxygen atoms in total. The lowest BCUT2D eigenvalue weighted by molar-refractivity contribution is 0.411. The summed E-state index contributed by atoms with van der Waals surface area (Å²) in [5.41, 5.74) is 0. The Morgan fingerprint density at radius 2 is 2.18 bits per heavy atom. The Balaban J connectivity index is 2.17. The first kappa shape index (κ1) is 17.5. The zero-order chi connectivity index (χ0) is 16.2. The fourth-order valence-corrected chi connectivity index (χ4v) is 5.11. The molecule has 0 atom stereocenters. The van der Waals surface area contributed by atoms with Crippen molar-refractivity contribution in [1.82, 2.24) is 10.2 Å². The van der Waals surface area contributed by atoms with E-state index >= 15 is 0 Å². The quantitative estimate of drug-likeness (QED) is 0.684. The predicted molar refractivity (Wildman–Crippen MR) is 92.4 cm³/mol. The van der Waals surface area contributed by atoms with Gasteiger partial charge in [-0.3, -0.25) is 4.72 Å². The summed E-state index contributed by atoms with van der Waals surface area (Å²) in [6.07, 6.45) is 1.02. The average Bonchev–Trinajstić information content (AvgIpc) is 2.91. The Hall–Kier alpha value is -0.840. The molecule has 10 heteroatoms. The van der Waals surface area contributed by atoms with Crippen LogP contribution in [0.25, 0.3) is 0 Å². The molecule has 120 valence electrons. The summed E-state index contributed by atoms with van der Waals surface area (Å²) in [5, 5.41) is 8.06. The second-order valence-corrected chi connectivity index (χ2v) is 8.98. The molecule has 0 bridgehead atoms. The number of anilines is 1. The summed E-state index contributed by atoms with van der Waals surface area (Å²) in [6.45, 7) is 2.07. The first-order valence-corrected chi connectivity index (χ1v) is 10.4. The molecule has 0 spiro atoms. The minimum Gasteiger partial charge on any atom is -0.496 e. The molecular weight excluding hydrogens is 410 g/mol. The molecule has 1 aromatic carbocycles. The van der Waals surface area contributed by atoms with E-state index in [1.807, 2.05) is 0 Å². The van der Waals surface area contributed by atoms with E-state index in [2.05, 4.69) is 37.8 Å². The van der Waals surface area contributed by atoms with Gasteiger partial charge in [-0.25, -0.2) is 8.42 Å². The standard InChI is InChI=1S/C12H14BrN3O3S3/c1-3-6-20-12-15-14-11(21-12)16-22(17,18)8-4-5-10(19-2)9(13)7-8/h4-5,7H,3,6H2,1-2H3,(H,14,16). The highest BCUT2D eigenvalue weighted by Crippen LogP contribution is 2.30. The van der Waals surface area contributed by atoms with Crippen molar-refractivity contribution in [2.75, 3.05) is 17.6 Å². The number of hydrogen-bond acceptors (Lipinski definition) is 7. The van der Waals surface area contributed by atoms with Crippen molar-refractivity contribution in [3.63, 3.8) is 0 Å². The van der Waals surface area contributed by atoms with E-state index in [0.717, 1.165) is 16.5 Å². The molecule has 0 aliphatic rings. The van der Waals surface area contributed by atoms with Gasteiger partial charge in [0.1, 0.15) is 5.75 Å². The van der Waals surface area contributed by atoms with Crippen LogP contribution >= 0.6 is 39.0 Å². The molecule has 2 rings (SSSR count). The number of benzene rings is 1. The fraction of sp³-hybridized carbons (Fsp3) is 0.333. The number of ether oxygens (including phenoxy) is 1. The van der Waals surface area contributed by atoms with Crippen LogP contribution in [0.5, 0.6) is 5.75 Å². The predicted octanol–water partition coefficient (Wildman–Crippen LogP) is 3.61. The highest BCUT2D eigenvalue weighted by Gasteiger charge is 2.18. The molecule has 0 aliphatic carbocycles. The monoisotopic (exact) mass is 423 g/mol. The van der Waals surface area contributed by atoms with Gasteiger partial charge in [-0.05, 0) is 40.5 Å². The minimum atomic E-state index is -3.70. The van der Waals surface area contributed by atoms with Crippen molar-refractivity contribution in [2.24, 2.45) is 0 Å². The zero-order valence-electron chi connectivity index (χ0n) is 11.9. The van der Waals surface area contributed by atoms with Crippen LogP contribution in [0.4, 0.5) is 5.13 Å². The Labute approximate surface area is 145 Å². The van der Waals surface area contributed by atoms with Crippen molar-refractivity contribution in [1.29, 1.82) is 0 Å². The summed E-state index contributed by atoms with van der Waals surface area (Å²) in [7, 11) is -2.19. The van der Waals surface area contributed by atoms with Gasteiger partial charge in [0.15, 0.2) is 4.34 Å². The van der Waals surface area contributed by atoms with E-state index in [0.29, 0.717) is 10.2 Å². The molecule has 0 radical (unpaired) electrons. The van der Waals surface area contributed by atoms with Crippen LogP contribution in [0, 0.1) is 0 Å². The second-order valence-electron chi connectivity index (χ2n) is 4.12. The lowest BCUT2D eigenvalue weighted by Crippen LogP contribution is -2.12. The molecular formula is C12H14BrN3O3S3. The highest BCUT2D eigenvalue weighted by molar-refractivity contribution is 9.10. The maximum Gasteiger partial charge on any atom is 0.263 e. The Morgan fingerprint density at radius 1 is 1.41 bits per heavy atom. The molecule has 22 heavy (non-hydrogen) atoms. The Morgan fingerprint density at radius 3 is 2.82 bits per heavy atom. The second kappa shape index (κ2) is 7.62. The van der Waals surface area contributed by atoms with Gasteiger partial charge >= 0.3 is 0 Å². The van der Waals surface area contributed by atoms with Crippen molar-refractivity contribution in [3.05, 3.63) is 22.7 Å². The van der Waals surface area contributed by atoms with Crippen molar-refractivity contribution in [2.45, 2.75) is 22.6 Å². The van der Waals surface area contributed by atoms with Crippen LogP contribution in [-0.4, -0.2) is 31.5 Å². The number of rotatable bonds is 7. The first-order valence-electron chi connectivity index (χ1n) is 6.29. The molecule has 0 saturated heterocycles. The molecule has 0 aliphatic heterocycles. The van der Waals surface area contributed by atoms with Crippen LogP contribution in [0.3, 0.4) is 0 Å². The largest absolute Gasteiger partial charge is 0.496 e. The van der Waals surface area contributed by atoms with Crippen LogP contribution in [0.15, 0.2) is 31.9 Å². The molecule has 0 saturated carbocycles. The van der Waals surface area contributed by atoms with Crippen molar-refractivity contribution < 1.29 is 13.2 Å². The van der Waals surface area contributed by atoms with Gasteiger partial charge in [-0.1, -0.05) is 30.0 Å². The number of sulfonamides is 1. The van der Waals surface area contributed by atoms with E-state index in [9.17, 15) is 8.42 Å². The van der Waals surface area contributed by atoms with Gasteiger partial charge in [0.2, 0.25) is 5.13 Å². The van der Waals surface area contributed by atoms with Gasteiger partial charge in [0, 0.05) is 5.75 Å². The highest BCUT2D eigenvalue weighted by atomic mass is 79.9. The zero-order valence-corrected chi connectivity index (χ0v) is 15.9. The van der Waals surface area contributed by atoms with Crippen LogP contribution in [-0.2, 0) is 10.0 Å². The van der Waals surface area contributed by atoms with Crippen LogP contribution in [0.1, 0.15) is 13.3 Å². The fourth-order valence-electron chi connectivity index (χ4n) is 1.49. The van der Waals surface area contributed by atoms with Gasteiger partial charge in [0.25, 0.3) is 10.0 Å². The van der Waals surface area contributed by atoms with Crippen LogP contribution < -0.4 is 9.46 Å². The summed E-state index contributed by atoms with van der Waals surface area (Å²) in [6, 6.07) is 4.54. The van der Waals surface area contributed by atoms with E-state index in [4.69, 9.17) is 4.74 Å². The van der Waals surface area contributed by atoms with Gasteiger partial charge in [-0.15, -0.1) is 10.2 Å². The molecule has 0 fully saturated rings. The minimum absolute atomic E-state index is 0.123. The number of nitrogens with zero attached hydrogens (tertiary/aromatic N) is 2. The number of aromatic nitrogens is 2. The number of methoxy groups -OCH3 is 1. The lowest BCUT2D eigenvalue weighted by Gasteiger charge is -2.07. The maximum atomic E-state index is 12.3. The summed E-state index contributed by atoms with van der Waals surface area (Å²) in [5.74, 6) is 1.49. The number of thioether (sulfide) groups is 1. The van der Waals surface area contributed by atoms with Gasteiger partial charge in [0.05, 0.1) is 16.5 Å². The molecule has 1 aromatic heterocycles. The van der Waals surface area contributed by atoms with E-state index < -0.39 is 10.0 Å². The summed E-state index contributed by atoms with van der Waals surface area (Å²) >= 11 is 6.05. The number of halogens is 1. The van der Waals surface area contributed by atoms with Crippen LogP contribution in [0.2, 0.25) is 0 Å².